The largest absolute Gasteiger partial charge is 0.356 e. The van der Waals surface area contributed by atoms with Crippen LogP contribution in [0.3, 0.4) is 0 Å². The van der Waals surface area contributed by atoms with Gasteiger partial charge < -0.3 is 15.5 Å². The van der Waals surface area contributed by atoms with Gasteiger partial charge in [0.15, 0.2) is 0 Å². The monoisotopic (exact) mass is 378 g/mol. The summed E-state index contributed by atoms with van der Waals surface area (Å²) in [5.41, 5.74) is 1.60. The number of benzene rings is 1. The van der Waals surface area contributed by atoms with Crippen molar-refractivity contribution < 1.29 is 4.79 Å². The van der Waals surface area contributed by atoms with Crippen LogP contribution in [-0.4, -0.2) is 43.7 Å². The zero-order valence-electron chi connectivity index (χ0n) is 15.7. The quantitative estimate of drug-likeness (QED) is 0.679. The van der Waals surface area contributed by atoms with Gasteiger partial charge in [-0.25, -0.2) is 19.6 Å². The molecule has 28 heavy (non-hydrogen) atoms. The highest BCUT2D eigenvalue weighted by molar-refractivity contribution is 5.90. The topological polar surface area (TPSA) is 101 Å². The Morgan fingerprint density at radius 3 is 2.57 bits per heavy atom. The normalized spacial score (nSPS) is 13.5. The summed E-state index contributed by atoms with van der Waals surface area (Å²) in [6.07, 6.45) is 5.32. The van der Waals surface area contributed by atoms with Crippen LogP contribution in [-0.2, 0) is 11.3 Å². The van der Waals surface area contributed by atoms with Gasteiger partial charge in [0.2, 0.25) is 5.91 Å². The summed E-state index contributed by atoms with van der Waals surface area (Å²) in [5.74, 6) is 2.30. The maximum atomic E-state index is 12.0. The van der Waals surface area contributed by atoms with Gasteiger partial charge in [-0.1, -0.05) is 0 Å². The fraction of sp³-hybridized carbons (Fsp3) is 0.316. The van der Waals surface area contributed by atoms with Gasteiger partial charge in [0.05, 0.1) is 0 Å². The molecule has 1 saturated heterocycles. The van der Waals surface area contributed by atoms with Crippen LogP contribution in [0, 0.1) is 6.92 Å². The molecule has 2 N–H and O–H groups in total. The summed E-state index contributed by atoms with van der Waals surface area (Å²) in [5, 5.41) is 10.1. The summed E-state index contributed by atoms with van der Waals surface area (Å²) in [6.45, 7) is 4.11. The highest BCUT2D eigenvalue weighted by Gasteiger charge is 2.15. The number of amides is 1. The second-order valence-electron chi connectivity index (χ2n) is 6.70. The predicted octanol–water partition coefficient (Wildman–Crippen LogP) is 2.36. The van der Waals surface area contributed by atoms with Crippen LogP contribution >= 0.6 is 0 Å². The molecule has 1 aliphatic heterocycles. The Morgan fingerprint density at radius 2 is 1.86 bits per heavy atom. The van der Waals surface area contributed by atoms with Crippen molar-refractivity contribution in [3.8, 4) is 0 Å². The Hall–Kier alpha value is -3.49. The molecule has 1 fully saturated rings. The number of hydrogen-bond acceptors (Lipinski definition) is 7. The molecule has 0 saturated carbocycles. The van der Waals surface area contributed by atoms with Crippen LogP contribution < -0.4 is 15.5 Å². The molecule has 1 aliphatic rings. The maximum Gasteiger partial charge on any atom is 0.246 e. The van der Waals surface area contributed by atoms with E-state index in [1.165, 1.54) is 30.2 Å². The molecule has 4 rings (SSSR count). The lowest BCUT2D eigenvalue weighted by atomic mass is 10.2. The van der Waals surface area contributed by atoms with E-state index in [2.05, 4.69) is 35.6 Å². The van der Waals surface area contributed by atoms with E-state index in [1.807, 2.05) is 37.3 Å². The minimum Gasteiger partial charge on any atom is -0.356 e. The summed E-state index contributed by atoms with van der Waals surface area (Å²) in [7, 11) is 0. The first-order valence-corrected chi connectivity index (χ1v) is 9.26. The molecule has 0 bridgehead atoms. The van der Waals surface area contributed by atoms with Crippen molar-refractivity contribution in [1.29, 1.82) is 0 Å². The molecule has 0 radical (unpaired) electrons. The van der Waals surface area contributed by atoms with Crippen LogP contribution in [0.4, 0.5) is 23.0 Å². The molecule has 1 amide bonds. The van der Waals surface area contributed by atoms with Gasteiger partial charge in [0.1, 0.15) is 36.7 Å². The number of carbonyl (C=O) groups is 1. The highest BCUT2D eigenvalue weighted by atomic mass is 16.2. The van der Waals surface area contributed by atoms with Crippen molar-refractivity contribution >= 4 is 28.9 Å². The summed E-state index contributed by atoms with van der Waals surface area (Å²) >= 11 is 0. The van der Waals surface area contributed by atoms with E-state index in [4.69, 9.17) is 0 Å². The summed E-state index contributed by atoms with van der Waals surface area (Å²) < 4.78 is 1.47. The number of rotatable bonds is 6. The van der Waals surface area contributed by atoms with E-state index >= 15 is 0 Å². The second-order valence-corrected chi connectivity index (χ2v) is 6.70. The smallest absolute Gasteiger partial charge is 0.246 e. The second kappa shape index (κ2) is 8.03. The Morgan fingerprint density at radius 1 is 1.11 bits per heavy atom. The Labute approximate surface area is 162 Å². The van der Waals surface area contributed by atoms with Gasteiger partial charge in [0, 0.05) is 30.5 Å². The van der Waals surface area contributed by atoms with Crippen molar-refractivity contribution in [1.82, 2.24) is 24.7 Å². The van der Waals surface area contributed by atoms with Crippen LogP contribution in [0.5, 0.6) is 0 Å². The average Bonchev–Trinajstić information content (AvgIpc) is 3.37. The van der Waals surface area contributed by atoms with Crippen LogP contribution in [0.1, 0.15) is 18.7 Å². The molecular weight excluding hydrogens is 356 g/mol. The number of nitrogens with zero attached hydrogens (tertiary/aromatic N) is 6. The Balaban J connectivity index is 1.39. The number of anilines is 4. The van der Waals surface area contributed by atoms with E-state index in [9.17, 15) is 4.79 Å². The zero-order valence-corrected chi connectivity index (χ0v) is 15.7. The number of aromatic nitrogens is 5. The minimum absolute atomic E-state index is 0.124. The first-order valence-electron chi connectivity index (χ1n) is 9.26. The van der Waals surface area contributed by atoms with Crippen molar-refractivity contribution in [2.75, 3.05) is 28.6 Å². The standard InChI is InChI=1S/C19H22N8O/c1-14-22-17(10-18(23-14)26-8-2-3-9-26)24-15-4-6-16(7-5-15)25-19(28)11-27-13-20-12-21-27/h4-7,10,12-13H,2-3,8-9,11H2,1H3,(H,25,28)(H,22,23,24). The minimum atomic E-state index is -0.159. The van der Waals surface area contributed by atoms with Crippen molar-refractivity contribution in [2.45, 2.75) is 26.3 Å². The molecule has 3 aromatic rings. The van der Waals surface area contributed by atoms with E-state index < -0.39 is 0 Å². The molecule has 0 unspecified atom stereocenters. The molecule has 1 aromatic carbocycles. The van der Waals surface area contributed by atoms with Crippen LogP contribution in [0.2, 0.25) is 0 Å². The highest BCUT2D eigenvalue weighted by Crippen LogP contribution is 2.23. The fourth-order valence-electron chi connectivity index (χ4n) is 3.17. The van der Waals surface area contributed by atoms with Gasteiger partial charge in [-0.15, -0.1) is 0 Å². The lowest BCUT2D eigenvalue weighted by Gasteiger charge is -2.18. The van der Waals surface area contributed by atoms with Gasteiger partial charge in [-0.05, 0) is 44.0 Å². The lowest BCUT2D eigenvalue weighted by molar-refractivity contribution is -0.116. The number of carbonyl (C=O) groups excluding carboxylic acids is 1. The van der Waals surface area contributed by atoms with E-state index in [0.29, 0.717) is 5.69 Å². The molecule has 3 heterocycles. The van der Waals surface area contributed by atoms with Gasteiger partial charge >= 0.3 is 0 Å². The predicted molar refractivity (Wildman–Crippen MR) is 107 cm³/mol. The maximum absolute atomic E-state index is 12.0. The fourth-order valence-corrected chi connectivity index (χ4v) is 3.17. The molecule has 9 nitrogen and oxygen atoms in total. The molecule has 144 valence electrons. The van der Waals surface area contributed by atoms with E-state index in [1.54, 1.807) is 0 Å². The van der Waals surface area contributed by atoms with Gasteiger partial charge in [-0.2, -0.15) is 5.10 Å². The first kappa shape index (κ1) is 17.9. The molecule has 0 aliphatic carbocycles. The SMILES string of the molecule is Cc1nc(Nc2ccc(NC(=O)Cn3cncn3)cc2)cc(N2CCCC2)n1. The lowest BCUT2D eigenvalue weighted by Crippen LogP contribution is -2.19. The van der Waals surface area contributed by atoms with Crippen LogP contribution in [0.15, 0.2) is 43.0 Å². The third kappa shape index (κ3) is 4.43. The molecular formula is C19H22N8O. The molecule has 0 atom stereocenters. The zero-order chi connectivity index (χ0) is 19.3. The first-order chi connectivity index (χ1) is 13.7. The van der Waals surface area contributed by atoms with Crippen molar-refractivity contribution in [3.05, 3.63) is 48.8 Å². The number of hydrogen-bond donors (Lipinski definition) is 2. The molecule has 2 aromatic heterocycles. The Kier molecular flexibility index (Phi) is 5.14. The average molecular weight is 378 g/mol. The van der Waals surface area contributed by atoms with E-state index in [0.717, 1.165) is 36.2 Å². The number of aryl methyl sites for hydroxylation is 1. The van der Waals surface area contributed by atoms with Crippen molar-refractivity contribution in [2.24, 2.45) is 0 Å². The summed E-state index contributed by atoms with van der Waals surface area (Å²) in [6, 6.07) is 9.47. The molecule has 9 heteroatoms. The van der Waals surface area contributed by atoms with E-state index in [-0.39, 0.29) is 12.5 Å². The summed E-state index contributed by atoms with van der Waals surface area (Å²) in [4.78, 5) is 27.2. The van der Waals surface area contributed by atoms with Crippen molar-refractivity contribution in [3.63, 3.8) is 0 Å². The third-order valence-corrected chi connectivity index (χ3v) is 4.47. The third-order valence-electron chi connectivity index (χ3n) is 4.47. The van der Waals surface area contributed by atoms with Gasteiger partial charge in [-0.3, -0.25) is 4.79 Å². The van der Waals surface area contributed by atoms with Gasteiger partial charge in [0.25, 0.3) is 0 Å². The molecule has 0 spiro atoms. The number of nitrogens with one attached hydrogen (secondary N) is 2. The Bertz CT molecular complexity index is 933. The van der Waals surface area contributed by atoms with Crippen LogP contribution in [0.25, 0.3) is 0 Å².